The van der Waals surface area contributed by atoms with Crippen LogP contribution in [-0.4, -0.2) is 42.5 Å². The number of thiophene rings is 1. The molecule has 1 atom stereocenters. The third-order valence-electron chi connectivity index (χ3n) is 5.39. The van der Waals surface area contributed by atoms with E-state index < -0.39 is 0 Å². The van der Waals surface area contributed by atoms with E-state index in [1.807, 2.05) is 17.4 Å². The van der Waals surface area contributed by atoms with Gasteiger partial charge in [0.1, 0.15) is 6.54 Å². The Morgan fingerprint density at radius 1 is 1.26 bits per heavy atom. The predicted molar refractivity (Wildman–Crippen MR) is 113 cm³/mol. The SMILES string of the molecule is Cc1ccsc1C[NH+](C)CC(=O)N1CCC(c2nc3ccccc3s2)CC1. The lowest BCUT2D eigenvalue weighted by atomic mass is 9.97. The van der Waals surface area contributed by atoms with Crippen molar-refractivity contribution in [2.45, 2.75) is 32.2 Å². The number of quaternary nitrogens is 1. The lowest BCUT2D eigenvalue weighted by molar-refractivity contribution is -0.885. The zero-order chi connectivity index (χ0) is 18.8. The van der Waals surface area contributed by atoms with Crippen LogP contribution in [0.3, 0.4) is 0 Å². The molecule has 0 aliphatic carbocycles. The Labute approximate surface area is 168 Å². The van der Waals surface area contributed by atoms with Gasteiger partial charge >= 0.3 is 0 Å². The van der Waals surface area contributed by atoms with E-state index in [1.54, 1.807) is 11.3 Å². The molecule has 142 valence electrons. The summed E-state index contributed by atoms with van der Waals surface area (Å²) in [6.07, 6.45) is 2.04. The summed E-state index contributed by atoms with van der Waals surface area (Å²) in [5.41, 5.74) is 2.44. The molecule has 1 aromatic carbocycles. The quantitative estimate of drug-likeness (QED) is 0.715. The summed E-state index contributed by atoms with van der Waals surface area (Å²) in [4.78, 5) is 22.2. The van der Waals surface area contributed by atoms with Crippen LogP contribution in [-0.2, 0) is 11.3 Å². The number of hydrogen-bond acceptors (Lipinski definition) is 4. The first-order valence-electron chi connectivity index (χ1n) is 9.57. The van der Waals surface area contributed by atoms with Crippen LogP contribution in [0.1, 0.15) is 34.2 Å². The fourth-order valence-electron chi connectivity index (χ4n) is 3.73. The molecule has 1 aliphatic heterocycles. The van der Waals surface area contributed by atoms with E-state index in [2.05, 4.69) is 48.5 Å². The number of fused-ring (bicyclic) bond motifs is 1. The third kappa shape index (κ3) is 4.23. The number of piperidine rings is 1. The topological polar surface area (TPSA) is 37.6 Å². The molecule has 4 nitrogen and oxygen atoms in total. The van der Waals surface area contributed by atoms with E-state index in [9.17, 15) is 4.79 Å². The highest BCUT2D eigenvalue weighted by molar-refractivity contribution is 7.18. The van der Waals surface area contributed by atoms with Crippen LogP contribution in [0.4, 0.5) is 0 Å². The number of aromatic nitrogens is 1. The molecule has 1 unspecified atom stereocenters. The van der Waals surface area contributed by atoms with Crippen molar-refractivity contribution in [3.05, 3.63) is 51.2 Å². The van der Waals surface area contributed by atoms with Gasteiger partial charge in [0.05, 0.1) is 27.1 Å². The maximum absolute atomic E-state index is 12.7. The molecule has 3 heterocycles. The Kier molecular flexibility index (Phi) is 5.57. The van der Waals surface area contributed by atoms with Gasteiger partial charge in [-0.2, -0.15) is 0 Å². The summed E-state index contributed by atoms with van der Waals surface area (Å²) in [7, 11) is 2.12. The summed E-state index contributed by atoms with van der Waals surface area (Å²) in [6.45, 7) is 5.35. The van der Waals surface area contributed by atoms with Crippen molar-refractivity contribution in [1.29, 1.82) is 0 Å². The summed E-state index contributed by atoms with van der Waals surface area (Å²) in [6, 6.07) is 10.5. The third-order valence-corrected chi connectivity index (χ3v) is 7.61. The highest BCUT2D eigenvalue weighted by atomic mass is 32.1. The van der Waals surface area contributed by atoms with Gasteiger partial charge in [0.2, 0.25) is 0 Å². The van der Waals surface area contributed by atoms with E-state index in [4.69, 9.17) is 4.98 Å². The molecule has 0 radical (unpaired) electrons. The van der Waals surface area contributed by atoms with E-state index in [0.717, 1.165) is 38.0 Å². The molecule has 0 bridgehead atoms. The molecule has 6 heteroatoms. The molecule has 4 rings (SSSR count). The number of likely N-dealkylation sites (tertiary alicyclic amines) is 1. The van der Waals surface area contributed by atoms with Crippen molar-refractivity contribution in [3.8, 4) is 0 Å². The van der Waals surface area contributed by atoms with E-state index >= 15 is 0 Å². The Morgan fingerprint density at radius 3 is 2.74 bits per heavy atom. The van der Waals surface area contributed by atoms with Gasteiger partial charge in [0, 0.05) is 19.0 Å². The predicted octanol–water partition coefficient (Wildman–Crippen LogP) is 3.09. The number of carbonyl (C=O) groups excluding carboxylic acids is 1. The zero-order valence-electron chi connectivity index (χ0n) is 15.9. The van der Waals surface area contributed by atoms with Crippen LogP contribution in [0.15, 0.2) is 35.7 Å². The van der Waals surface area contributed by atoms with Crippen LogP contribution in [0.5, 0.6) is 0 Å². The molecule has 1 N–H and O–H groups in total. The Morgan fingerprint density at radius 2 is 2.04 bits per heavy atom. The number of carbonyl (C=O) groups is 1. The number of amides is 1. The Bertz CT molecular complexity index is 891. The highest BCUT2D eigenvalue weighted by Crippen LogP contribution is 2.33. The maximum atomic E-state index is 12.7. The first-order valence-corrected chi connectivity index (χ1v) is 11.3. The molecule has 1 saturated heterocycles. The number of thiazole rings is 1. The van der Waals surface area contributed by atoms with Crippen LogP contribution < -0.4 is 4.90 Å². The van der Waals surface area contributed by atoms with Crippen molar-refractivity contribution in [3.63, 3.8) is 0 Å². The molecule has 27 heavy (non-hydrogen) atoms. The highest BCUT2D eigenvalue weighted by Gasteiger charge is 2.27. The molecule has 3 aromatic rings. The number of aryl methyl sites for hydroxylation is 1. The molecular weight excluding hydrogens is 374 g/mol. The smallest absolute Gasteiger partial charge is 0.277 e. The number of nitrogens with zero attached hydrogens (tertiary/aromatic N) is 2. The van der Waals surface area contributed by atoms with Crippen molar-refractivity contribution >= 4 is 38.8 Å². The monoisotopic (exact) mass is 400 g/mol. The minimum atomic E-state index is 0.282. The maximum Gasteiger partial charge on any atom is 0.277 e. The second-order valence-corrected chi connectivity index (χ2v) is 9.58. The van der Waals surface area contributed by atoms with Crippen LogP contribution in [0.2, 0.25) is 0 Å². The van der Waals surface area contributed by atoms with Gasteiger partial charge in [0.15, 0.2) is 6.54 Å². The molecule has 1 amide bonds. The van der Waals surface area contributed by atoms with Crippen LogP contribution in [0.25, 0.3) is 10.2 Å². The van der Waals surface area contributed by atoms with Gasteiger partial charge in [-0.25, -0.2) is 4.98 Å². The van der Waals surface area contributed by atoms with Crippen molar-refractivity contribution < 1.29 is 9.69 Å². The summed E-state index contributed by atoms with van der Waals surface area (Å²) >= 11 is 3.60. The number of hydrogen-bond donors (Lipinski definition) is 1. The van der Waals surface area contributed by atoms with Gasteiger partial charge in [0.25, 0.3) is 5.91 Å². The van der Waals surface area contributed by atoms with Gasteiger partial charge in [-0.1, -0.05) is 12.1 Å². The molecular formula is C21H26N3OS2+. The number of likely N-dealkylation sites (N-methyl/N-ethyl adjacent to an activating group) is 1. The second kappa shape index (κ2) is 8.09. The Hall–Kier alpha value is -1.76. The lowest BCUT2D eigenvalue weighted by Gasteiger charge is -2.31. The van der Waals surface area contributed by atoms with Gasteiger partial charge < -0.3 is 9.80 Å². The second-order valence-electron chi connectivity index (χ2n) is 7.51. The largest absolute Gasteiger partial charge is 0.338 e. The van der Waals surface area contributed by atoms with Crippen molar-refractivity contribution in [2.24, 2.45) is 0 Å². The summed E-state index contributed by atoms with van der Waals surface area (Å²) in [5, 5.41) is 3.37. The summed E-state index contributed by atoms with van der Waals surface area (Å²) < 4.78 is 1.26. The molecule has 0 spiro atoms. The van der Waals surface area contributed by atoms with Crippen molar-refractivity contribution in [1.82, 2.24) is 9.88 Å². The van der Waals surface area contributed by atoms with Crippen LogP contribution in [0, 0.1) is 6.92 Å². The summed E-state index contributed by atoms with van der Waals surface area (Å²) in [5.74, 6) is 0.773. The molecule has 1 aliphatic rings. The molecule has 0 saturated carbocycles. The fourth-order valence-corrected chi connectivity index (χ4v) is 5.89. The lowest BCUT2D eigenvalue weighted by Crippen LogP contribution is -3.08. The first kappa shape index (κ1) is 18.6. The standard InChI is InChI=1S/C21H25N3OS2/c1-15-9-12-26-19(15)13-23(2)14-20(25)24-10-7-16(8-11-24)21-22-17-5-3-4-6-18(17)27-21/h3-6,9,12,16H,7-8,10-11,13-14H2,1-2H3/p+1. The van der Waals surface area contributed by atoms with Gasteiger partial charge in [-0.3, -0.25) is 4.79 Å². The molecule has 2 aromatic heterocycles. The normalized spacial score (nSPS) is 16.7. The first-order chi connectivity index (χ1) is 13.1. The molecule has 1 fully saturated rings. The van der Waals surface area contributed by atoms with Gasteiger partial charge in [-0.15, -0.1) is 22.7 Å². The number of nitrogens with one attached hydrogen (secondary N) is 1. The zero-order valence-corrected chi connectivity index (χ0v) is 17.5. The number of rotatable bonds is 5. The van der Waals surface area contributed by atoms with Gasteiger partial charge in [-0.05, 0) is 48.9 Å². The minimum absolute atomic E-state index is 0.282. The average molecular weight is 401 g/mol. The number of para-hydroxylation sites is 1. The van der Waals surface area contributed by atoms with Crippen LogP contribution >= 0.6 is 22.7 Å². The number of benzene rings is 1. The fraction of sp³-hybridized carbons (Fsp3) is 0.429. The Balaban J connectivity index is 1.30. The van der Waals surface area contributed by atoms with E-state index in [-0.39, 0.29) is 5.91 Å². The van der Waals surface area contributed by atoms with E-state index in [0.29, 0.717) is 12.5 Å². The average Bonchev–Trinajstić information content (AvgIpc) is 3.28. The van der Waals surface area contributed by atoms with Crippen molar-refractivity contribution in [2.75, 3.05) is 26.7 Å². The minimum Gasteiger partial charge on any atom is -0.338 e. The van der Waals surface area contributed by atoms with E-state index in [1.165, 1.54) is 25.0 Å².